The molecule has 0 bridgehead atoms. The van der Waals surface area contributed by atoms with Gasteiger partial charge in [0.2, 0.25) is 0 Å². The van der Waals surface area contributed by atoms with Crippen LogP contribution in [0, 0.1) is 0 Å². The normalized spacial score (nSPS) is 12.8. The number of aromatic nitrogens is 2. The number of rotatable bonds is 7. The van der Waals surface area contributed by atoms with E-state index in [1.54, 1.807) is 0 Å². The fraction of sp³-hybridized carbons (Fsp3) is 0.0152. The Kier molecular flexibility index (Phi) is 8.80. The average Bonchev–Trinajstić information content (AvgIpc) is 4.03. The molecule has 1 spiro atoms. The average molecular weight is 878 g/mol. The monoisotopic (exact) mass is 877 g/mol. The summed E-state index contributed by atoms with van der Waals surface area (Å²) in [5.41, 5.74) is 24.0. The molecule has 2 aliphatic rings. The van der Waals surface area contributed by atoms with Gasteiger partial charge in [-0.15, -0.1) is 0 Å². The summed E-state index contributed by atoms with van der Waals surface area (Å²) in [6, 6.07) is 91.6. The maximum absolute atomic E-state index is 4.33. The predicted molar refractivity (Wildman–Crippen MR) is 286 cm³/mol. The third-order valence-corrected chi connectivity index (χ3v) is 14.7. The Morgan fingerprint density at radius 3 is 1.48 bits per heavy atom. The number of pyridine rings is 1. The number of hydrogen-bond acceptors (Lipinski definition) is 2. The molecule has 0 atom stereocenters. The standard InChI is InChI=1S/C66H43N3/c1-2-17-50(18-3-1)68(52-34-29-45(30-35-52)49-16-13-39-67-43-49)51-32-27-44(28-33-51)46-14-12-15-47(40-46)48-31-37-59-58-22-7-11-26-64(58)69(65(59)41-48)53-36-38-57-56-21-6-10-25-62(56)66(63(57)42-53)60-23-8-4-19-54(60)55-20-5-9-24-61(55)66/h1-43H. The molecule has 2 heterocycles. The molecule has 2 aliphatic carbocycles. The maximum atomic E-state index is 4.33. The van der Waals surface area contributed by atoms with Crippen LogP contribution in [0.15, 0.2) is 261 Å². The first-order valence-electron chi connectivity index (χ1n) is 23.8. The Balaban J connectivity index is 0.857. The molecule has 10 aromatic carbocycles. The summed E-state index contributed by atoms with van der Waals surface area (Å²) in [5, 5.41) is 2.49. The first-order valence-corrected chi connectivity index (χ1v) is 23.8. The molecule has 0 aliphatic heterocycles. The van der Waals surface area contributed by atoms with E-state index in [1.165, 1.54) is 88.6 Å². The van der Waals surface area contributed by atoms with Crippen molar-refractivity contribution in [1.82, 2.24) is 9.55 Å². The predicted octanol–water partition coefficient (Wildman–Crippen LogP) is 17.0. The Bertz CT molecular complexity index is 3880. The molecule has 0 fully saturated rings. The van der Waals surface area contributed by atoms with Crippen LogP contribution in [0.5, 0.6) is 0 Å². The van der Waals surface area contributed by atoms with Gasteiger partial charge in [0, 0.05) is 45.9 Å². The van der Waals surface area contributed by atoms with Gasteiger partial charge in [-0.2, -0.15) is 0 Å². The Hall–Kier alpha value is -9.05. The summed E-state index contributed by atoms with van der Waals surface area (Å²) in [5.74, 6) is 0. The van der Waals surface area contributed by atoms with Crippen molar-refractivity contribution in [2.24, 2.45) is 0 Å². The number of anilines is 3. The van der Waals surface area contributed by atoms with Gasteiger partial charge in [-0.05, 0) is 151 Å². The van der Waals surface area contributed by atoms with Crippen LogP contribution >= 0.6 is 0 Å². The van der Waals surface area contributed by atoms with Gasteiger partial charge in [-0.3, -0.25) is 4.98 Å². The first kappa shape index (κ1) is 39.1. The highest BCUT2D eigenvalue weighted by atomic mass is 15.1. The summed E-state index contributed by atoms with van der Waals surface area (Å²) < 4.78 is 2.49. The largest absolute Gasteiger partial charge is 0.311 e. The topological polar surface area (TPSA) is 21.1 Å². The van der Waals surface area contributed by atoms with Crippen molar-refractivity contribution in [3.8, 4) is 61.3 Å². The molecule has 0 saturated carbocycles. The van der Waals surface area contributed by atoms with E-state index in [-0.39, 0.29) is 0 Å². The summed E-state index contributed by atoms with van der Waals surface area (Å²) in [7, 11) is 0. The molecule has 0 radical (unpaired) electrons. The molecule has 3 nitrogen and oxygen atoms in total. The molecule has 0 unspecified atom stereocenters. The molecule has 2 aromatic heterocycles. The Morgan fingerprint density at radius 2 is 0.826 bits per heavy atom. The lowest BCUT2D eigenvalue weighted by atomic mass is 9.70. The molecule has 322 valence electrons. The Labute approximate surface area is 401 Å². The number of fused-ring (bicyclic) bond motifs is 13. The van der Waals surface area contributed by atoms with Crippen LogP contribution in [0.1, 0.15) is 22.3 Å². The van der Waals surface area contributed by atoms with Crippen molar-refractivity contribution in [1.29, 1.82) is 0 Å². The van der Waals surface area contributed by atoms with Gasteiger partial charge in [-0.25, -0.2) is 0 Å². The van der Waals surface area contributed by atoms with Gasteiger partial charge in [-0.1, -0.05) is 176 Å². The van der Waals surface area contributed by atoms with E-state index in [4.69, 9.17) is 0 Å². The molecule has 0 N–H and O–H groups in total. The van der Waals surface area contributed by atoms with Crippen LogP contribution in [-0.4, -0.2) is 9.55 Å². The molecule has 0 saturated heterocycles. The van der Waals surface area contributed by atoms with E-state index < -0.39 is 5.41 Å². The zero-order valence-electron chi connectivity index (χ0n) is 37.7. The van der Waals surface area contributed by atoms with E-state index in [2.05, 4.69) is 257 Å². The highest BCUT2D eigenvalue weighted by Gasteiger charge is 2.51. The van der Waals surface area contributed by atoms with E-state index in [0.29, 0.717) is 0 Å². The second kappa shape index (κ2) is 15.5. The fourth-order valence-corrected chi connectivity index (χ4v) is 11.7. The van der Waals surface area contributed by atoms with Crippen LogP contribution < -0.4 is 4.90 Å². The molecular weight excluding hydrogens is 835 g/mol. The first-order chi connectivity index (χ1) is 34.2. The fourth-order valence-electron chi connectivity index (χ4n) is 11.7. The van der Waals surface area contributed by atoms with Crippen molar-refractivity contribution in [3.63, 3.8) is 0 Å². The van der Waals surface area contributed by atoms with Crippen molar-refractivity contribution in [2.45, 2.75) is 5.41 Å². The van der Waals surface area contributed by atoms with Gasteiger partial charge >= 0.3 is 0 Å². The van der Waals surface area contributed by atoms with Crippen LogP contribution in [0.4, 0.5) is 17.1 Å². The zero-order chi connectivity index (χ0) is 45.5. The quantitative estimate of drug-likeness (QED) is 0.159. The summed E-state index contributed by atoms with van der Waals surface area (Å²) in [6.07, 6.45) is 3.72. The van der Waals surface area contributed by atoms with Gasteiger partial charge in [0.15, 0.2) is 0 Å². The summed E-state index contributed by atoms with van der Waals surface area (Å²) in [6.45, 7) is 0. The van der Waals surface area contributed by atoms with Gasteiger partial charge < -0.3 is 9.47 Å². The molecular formula is C66H43N3. The van der Waals surface area contributed by atoms with Crippen LogP contribution in [0.2, 0.25) is 0 Å². The van der Waals surface area contributed by atoms with Crippen molar-refractivity contribution in [3.05, 3.63) is 283 Å². The molecule has 3 heteroatoms. The third-order valence-electron chi connectivity index (χ3n) is 14.7. The lowest BCUT2D eigenvalue weighted by molar-refractivity contribution is 0.792. The smallest absolute Gasteiger partial charge is 0.0726 e. The van der Waals surface area contributed by atoms with Crippen LogP contribution in [-0.2, 0) is 5.41 Å². The van der Waals surface area contributed by atoms with Gasteiger partial charge in [0.1, 0.15) is 0 Å². The highest BCUT2D eigenvalue weighted by Crippen LogP contribution is 2.63. The molecule has 69 heavy (non-hydrogen) atoms. The van der Waals surface area contributed by atoms with E-state index in [0.717, 1.165) is 33.9 Å². The van der Waals surface area contributed by atoms with E-state index >= 15 is 0 Å². The maximum Gasteiger partial charge on any atom is 0.0726 e. The zero-order valence-corrected chi connectivity index (χ0v) is 37.7. The van der Waals surface area contributed by atoms with Crippen molar-refractivity contribution in [2.75, 3.05) is 4.90 Å². The van der Waals surface area contributed by atoms with E-state index in [1.807, 2.05) is 18.5 Å². The number of benzene rings is 10. The molecule has 14 rings (SSSR count). The number of nitrogens with zero attached hydrogens (tertiary/aromatic N) is 3. The van der Waals surface area contributed by atoms with Gasteiger partial charge in [0.25, 0.3) is 0 Å². The minimum atomic E-state index is -0.413. The van der Waals surface area contributed by atoms with Crippen LogP contribution in [0.25, 0.3) is 83.1 Å². The summed E-state index contributed by atoms with van der Waals surface area (Å²) >= 11 is 0. The summed E-state index contributed by atoms with van der Waals surface area (Å²) in [4.78, 5) is 6.64. The third kappa shape index (κ3) is 5.97. The minimum absolute atomic E-state index is 0.413. The second-order valence-corrected chi connectivity index (χ2v) is 18.3. The van der Waals surface area contributed by atoms with Crippen molar-refractivity contribution >= 4 is 38.9 Å². The molecule has 12 aromatic rings. The SMILES string of the molecule is c1ccc(N(c2ccc(-c3cccnc3)cc2)c2ccc(-c3cccc(-c4ccc5c6ccccc6n(-c6ccc7c(c6)C6(c8ccccc8-c8ccccc86)c6ccccc6-7)c5c4)c3)cc2)cc1. The van der Waals surface area contributed by atoms with E-state index in [9.17, 15) is 0 Å². The van der Waals surface area contributed by atoms with Gasteiger partial charge in [0.05, 0.1) is 16.4 Å². The lowest BCUT2D eigenvalue weighted by Crippen LogP contribution is -2.26. The Morgan fingerprint density at radius 1 is 0.319 bits per heavy atom. The van der Waals surface area contributed by atoms with Crippen molar-refractivity contribution < 1.29 is 0 Å². The minimum Gasteiger partial charge on any atom is -0.311 e. The highest BCUT2D eigenvalue weighted by molar-refractivity contribution is 6.10. The lowest BCUT2D eigenvalue weighted by Gasteiger charge is -2.30. The second-order valence-electron chi connectivity index (χ2n) is 18.3. The number of hydrogen-bond donors (Lipinski definition) is 0. The van der Waals surface area contributed by atoms with Crippen LogP contribution in [0.3, 0.4) is 0 Å². The number of para-hydroxylation sites is 2. The molecule has 0 amide bonds.